The first-order valence-corrected chi connectivity index (χ1v) is 8.27. The van der Waals surface area contributed by atoms with Crippen molar-refractivity contribution in [3.63, 3.8) is 0 Å². The van der Waals surface area contributed by atoms with Gasteiger partial charge in [-0.2, -0.15) is 0 Å². The minimum atomic E-state index is 0. The molecule has 0 atom stereocenters. The van der Waals surface area contributed by atoms with Gasteiger partial charge >= 0.3 is 0 Å². The van der Waals surface area contributed by atoms with Crippen LogP contribution in [0.15, 0.2) is 46.9 Å². The summed E-state index contributed by atoms with van der Waals surface area (Å²) in [5, 5.41) is 4.27. The van der Waals surface area contributed by atoms with Crippen LogP contribution in [0.3, 0.4) is 0 Å². The first kappa shape index (κ1) is 17.6. The summed E-state index contributed by atoms with van der Waals surface area (Å²) < 4.78 is 7.04. The molecule has 1 saturated carbocycles. The molecule has 1 N–H and O–H groups in total. The zero-order valence-electron chi connectivity index (χ0n) is 12.0. The maximum atomic E-state index is 6.17. The number of benzene rings is 2. The van der Waals surface area contributed by atoms with Gasteiger partial charge in [0.2, 0.25) is 0 Å². The second kappa shape index (κ2) is 8.21. The maximum absolute atomic E-state index is 6.17. The highest BCUT2D eigenvalue weighted by molar-refractivity contribution is 9.10. The lowest BCUT2D eigenvalue weighted by Crippen LogP contribution is -2.16. The van der Waals surface area contributed by atoms with Gasteiger partial charge < -0.3 is 10.1 Å². The molecular weight excluding hydrogens is 385 g/mol. The highest BCUT2D eigenvalue weighted by Gasteiger charge is 2.20. The van der Waals surface area contributed by atoms with Crippen molar-refractivity contribution in [1.82, 2.24) is 5.32 Å². The van der Waals surface area contributed by atoms with Gasteiger partial charge in [0.15, 0.2) is 0 Å². The molecule has 0 radical (unpaired) electrons. The molecule has 0 amide bonds. The molecule has 118 valence electrons. The predicted octanol–water partition coefficient (Wildman–Crippen LogP) is 5.36. The molecule has 2 aromatic rings. The Balaban J connectivity index is 0.00000176. The van der Waals surface area contributed by atoms with Crippen LogP contribution >= 0.6 is 39.9 Å². The quantitative estimate of drug-likeness (QED) is 0.702. The van der Waals surface area contributed by atoms with Crippen LogP contribution in [0.1, 0.15) is 24.0 Å². The van der Waals surface area contributed by atoms with Gasteiger partial charge in [0.05, 0.1) is 0 Å². The van der Waals surface area contributed by atoms with Crippen LogP contribution in [0.25, 0.3) is 0 Å². The predicted molar refractivity (Wildman–Crippen MR) is 97.0 cm³/mol. The normalized spacial score (nSPS) is 13.5. The van der Waals surface area contributed by atoms with Crippen LogP contribution in [0, 0.1) is 0 Å². The van der Waals surface area contributed by atoms with E-state index in [-0.39, 0.29) is 12.4 Å². The first-order valence-electron chi connectivity index (χ1n) is 7.10. The molecule has 3 rings (SSSR count). The molecule has 0 unspecified atom stereocenters. The van der Waals surface area contributed by atoms with Crippen LogP contribution in [-0.4, -0.2) is 6.04 Å². The summed E-state index contributed by atoms with van der Waals surface area (Å²) in [6.45, 7) is 1.32. The van der Waals surface area contributed by atoms with Gasteiger partial charge in [-0.25, -0.2) is 0 Å². The van der Waals surface area contributed by atoms with Crippen molar-refractivity contribution in [2.24, 2.45) is 0 Å². The Hall–Kier alpha value is -0.740. The Morgan fingerprint density at radius 2 is 1.91 bits per heavy atom. The molecule has 5 heteroatoms. The number of rotatable bonds is 6. The summed E-state index contributed by atoms with van der Waals surface area (Å²) in [5.41, 5.74) is 2.17. The van der Waals surface area contributed by atoms with Gasteiger partial charge in [-0.15, -0.1) is 12.4 Å². The van der Waals surface area contributed by atoms with Gasteiger partial charge in [-0.1, -0.05) is 45.7 Å². The average molecular weight is 403 g/mol. The van der Waals surface area contributed by atoms with E-state index in [1.54, 1.807) is 0 Å². The second-order valence-electron chi connectivity index (χ2n) is 5.29. The molecule has 0 aliphatic heterocycles. The van der Waals surface area contributed by atoms with Crippen molar-refractivity contribution >= 4 is 39.9 Å². The highest BCUT2D eigenvalue weighted by Crippen LogP contribution is 2.27. The Kier molecular flexibility index (Phi) is 6.57. The van der Waals surface area contributed by atoms with Gasteiger partial charge in [0.25, 0.3) is 0 Å². The van der Waals surface area contributed by atoms with Crippen LogP contribution < -0.4 is 10.1 Å². The van der Waals surface area contributed by atoms with E-state index in [0.717, 1.165) is 27.4 Å². The van der Waals surface area contributed by atoms with Crippen LogP contribution in [-0.2, 0) is 13.2 Å². The van der Waals surface area contributed by atoms with Crippen molar-refractivity contribution in [2.45, 2.75) is 32.0 Å². The molecule has 0 spiro atoms. The van der Waals surface area contributed by atoms with Gasteiger partial charge in [0.1, 0.15) is 12.4 Å². The number of nitrogens with one attached hydrogen (secondary N) is 1. The summed E-state index contributed by atoms with van der Waals surface area (Å²) in [4.78, 5) is 0. The molecule has 2 aromatic carbocycles. The lowest BCUT2D eigenvalue weighted by Gasteiger charge is -2.13. The van der Waals surface area contributed by atoms with E-state index in [2.05, 4.69) is 27.3 Å². The fraction of sp³-hybridized carbons (Fsp3) is 0.294. The monoisotopic (exact) mass is 401 g/mol. The summed E-state index contributed by atoms with van der Waals surface area (Å²) in [6, 6.07) is 14.6. The minimum absolute atomic E-state index is 0. The Morgan fingerprint density at radius 1 is 1.14 bits per heavy atom. The van der Waals surface area contributed by atoms with Crippen molar-refractivity contribution < 1.29 is 4.74 Å². The first-order chi connectivity index (χ1) is 10.2. The third-order valence-corrected chi connectivity index (χ3v) is 4.38. The van der Waals surface area contributed by atoms with E-state index < -0.39 is 0 Å². The minimum Gasteiger partial charge on any atom is -0.489 e. The van der Waals surface area contributed by atoms with E-state index in [9.17, 15) is 0 Å². The molecule has 1 aliphatic rings. The fourth-order valence-electron chi connectivity index (χ4n) is 2.14. The maximum Gasteiger partial charge on any atom is 0.124 e. The summed E-state index contributed by atoms with van der Waals surface area (Å²) in [5.74, 6) is 0.909. The van der Waals surface area contributed by atoms with Crippen molar-refractivity contribution in [3.05, 3.63) is 63.1 Å². The third kappa shape index (κ3) is 4.88. The Morgan fingerprint density at radius 3 is 2.64 bits per heavy atom. The topological polar surface area (TPSA) is 21.3 Å². The number of halogens is 3. The molecule has 1 fully saturated rings. The Labute approximate surface area is 150 Å². The Bertz CT molecular complexity index is 632. The fourth-order valence-corrected chi connectivity index (χ4v) is 2.74. The van der Waals surface area contributed by atoms with Crippen molar-refractivity contribution in [3.8, 4) is 5.75 Å². The third-order valence-electron chi connectivity index (χ3n) is 3.52. The van der Waals surface area contributed by atoms with Crippen molar-refractivity contribution in [2.75, 3.05) is 0 Å². The SMILES string of the molecule is Cl.Clc1ccccc1COc1ccc(Br)cc1CNC1CC1. The van der Waals surface area contributed by atoms with Crippen LogP contribution in [0.5, 0.6) is 5.75 Å². The molecule has 0 heterocycles. The molecule has 1 aliphatic carbocycles. The summed E-state index contributed by atoms with van der Waals surface area (Å²) in [6.07, 6.45) is 2.56. The van der Waals surface area contributed by atoms with Gasteiger partial charge in [-0.05, 0) is 37.1 Å². The van der Waals surface area contributed by atoms with Crippen molar-refractivity contribution in [1.29, 1.82) is 0 Å². The zero-order chi connectivity index (χ0) is 14.7. The van der Waals surface area contributed by atoms with E-state index in [1.807, 2.05) is 36.4 Å². The standard InChI is InChI=1S/C17H17BrClNO.ClH/c18-14-5-8-17(13(9-14)10-20-15-6-7-15)21-11-12-3-1-2-4-16(12)19;/h1-5,8-9,15,20H,6-7,10-11H2;1H. The number of ether oxygens (including phenoxy) is 1. The molecule has 0 saturated heterocycles. The van der Waals surface area contributed by atoms with E-state index in [4.69, 9.17) is 16.3 Å². The lowest BCUT2D eigenvalue weighted by molar-refractivity contribution is 0.302. The van der Waals surface area contributed by atoms with Crippen LogP contribution in [0.4, 0.5) is 0 Å². The molecular formula is C17H18BrCl2NO. The highest BCUT2D eigenvalue weighted by atomic mass is 79.9. The van der Waals surface area contributed by atoms with Gasteiger partial charge in [0, 0.05) is 33.2 Å². The van der Waals surface area contributed by atoms with E-state index in [1.165, 1.54) is 18.4 Å². The second-order valence-corrected chi connectivity index (χ2v) is 6.61. The van der Waals surface area contributed by atoms with E-state index in [0.29, 0.717) is 12.6 Å². The molecule has 0 bridgehead atoms. The number of hydrogen-bond acceptors (Lipinski definition) is 2. The lowest BCUT2D eigenvalue weighted by atomic mass is 10.2. The summed E-state index contributed by atoms with van der Waals surface area (Å²) in [7, 11) is 0. The van der Waals surface area contributed by atoms with E-state index >= 15 is 0 Å². The smallest absolute Gasteiger partial charge is 0.124 e. The zero-order valence-corrected chi connectivity index (χ0v) is 15.2. The summed E-state index contributed by atoms with van der Waals surface area (Å²) >= 11 is 9.69. The average Bonchev–Trinajstić information content (AvgIpc) is 3.30. The molecule has 0 aromatic heterocycles. The largest absolute Gasteiger partial charge is 0.489 e. The molecule has 2 nitrogen and oxygen atoms in total. The number of hydrogen-bond donors (Lipinski definition) is 1. The molecule has 22 heavy (non-hydrogen) atoms. The van der Waals surface area contributed by atoms with Crippen LogP contribution in [0.2, 0.25) is 5.02 Å². The van der Waals surface area contributed by atoms with Gasteiger partial charge in [-0.3, -0.25) is 0 Å².